The van der Waals surface area contributed by atoms with Gasteiger partial charge < -0.3 is 5.32 Å². The first-order valence-corrected chi connectivity index (χ1v) is 9.75. The van der Waals surface area contributed by atoms with Crippen molar-refractivity contribution < 1.29 is 4.79 Å². The third-order valence-corrected chi connectivity index (χ3v) is 5.60. The lowest BCUT2D eigenvalue weighted by Gasteiger charge is -2.06. The van der Waals surface area contributed by atoms with Gasteiger partial charge in [-0.25, -0.2) is 4.98 Å². The largest absolute Gasteiger partial charge is 0.308 e. The molecular formula is C18H17N3OS3. The Morgan fingerprint density at radius 2 is 2.00 bits per heavy atom. The van der Waals surface area contributed by atoms with E-state index >= 15 is 0 Å². The first-order valence-electron chi connectivity index (χ1n) is 7.65. The molecule has 25 heavy (non-hydrogen) atoms. The number of nitrogens with zero attached hydrogens (tertiary/aromatic N) is 1. The second-order valence-corrected chi connectivity index (χ2v) is 8.19. The highest BCUT2D eigenvalue weighted by atomic mass is 32.1. The van der Waals surface area contributed by atoms with Crippen LogP contribution < -0.4 is 10.6 Å². The zero-order chi connectivity index (χ0) is 18.0. The van der Waals surface area contributed by atoms with Gasteiger partial charge in [-0.2, -0.15) is 0 Å². The van der Waals surface area contributed by atoms with Crippen LogP contribution in [0.15, 0.2) is 35.7 Å². The Kier molecular flexibility index (Phi) is 5.27. The normalized spacial score (nSPS) is 10.5. The standard InChI is InChI=1S/C18H17N3OS3/c1-10-6-7-11(2)13(9-10)15-12(3)25-18(19-15)21-17(23)20-16(22)14-5-4-8-24-14/h4-9H,1-3H3,(H2,19,20,21,22,23). The van der Waals surface area contributed by atoms with Crippen LogP contribution in [0.1, 0.15) is 25.7 Å². The van der Waals surface area contributed by atoms with E-state index in [1.807, 2.05) is 18.4 Å². The number of amides is 1. The smallest absolute Gasteiger partial charge is 0.267 e. The van der Waals surface area contributed by atoms with Crippen LogP contribution in [0.5, 0.6) is 0 Å². The van der Waals surface area contributed by atoms with Crippen LogP contribution in [0.25, 0.3) is 11.3 Å². The van der Waals surface area contributed by atoms with Crippen molar-refractivity contribution >= 4 is 51.0 Å². The van der Waals surface area contributed by atoms with E-state index in [0.717, 1.165) is 16.1 Å². The van der Waals surface area contributed by atoms with Gasteiger partial charge in [-0.1, -0.05) is 23.8 Å². The monoisotopic (exact) mass is 387 g/mol. The number of rotatable bonds is 3. The third-order valence-electron chi connectivity index (χ3n) is 3.64. The summed E-state index contributed by atoms with van der Waals surface area (Å²) < 4.78 is 0. The van der Waals surface area contributed by atoms with Crippen LogP contribution in [-0.4, -0.2) is 16.0 Å². The number of carbonyl (C=O) groups excluding carboxylic acids is 1. The average Bonchev–Trinajstić information content (AvgIpc) is 3.19. The topological polar surface area (TPSA) is 54.0 Å². The highest BCUT2D eigenvalue weighted by Gasteiger charge is 2.14. The molecular weight excluding hydrogens is 370 g/mol. The molecule has 2 aromatic heterocycles. The SMILES string of the molecule is Cc1ccc(C)c(-c2nc(NC(=S)NC(=O)c3cccs3)sc2C)c1. The van der Waals surface area contributed by atoms with Crippen molar-refractivity contribution in [1.29, 1.82) is 0 Å². The van der Waals surface area contributed by atoms with Gasteiger partial charge in [-0.15, -0.1) is 22.7 Å². The fraction of sp³-hybridized carbons (Fsp3) is 0.167. The third kappa shape index (κ3) is 4.12. The van der Waals surface area contributed by atoms with Gasteiger partial charge in [-0.3, -0.25) is 10.1 Å². The number of thiocarbonyl (C=S) groups is 1. The molecule has 0 unspecified atom stereocenters. The molecule has 0 spiro atoms. The van der Waals surface area contributed by atoms with Crippen molar-refractivity contribution in [3.05, 3.63) is 56.6 Å². The molecule has 7 heteroatoms. The molecule has 2 heterocycles. The minimum atomic E-state index is -0.212. The Bertz CT molecular complexity index is 929. The van der Waals surface area contributed by atoms with Gasteiger partial charge in [0.05, 0.1) is 10.6 Å². The summed E-state index contributed by atoms with van der Waals surface area (Å²) in [6, 6.07) is 9.92. The first kappa shape index (κ1) is 17.7. The molecule has 0 saturated carbocycles. The number of aryl methyl sites for hydroxylation is 3. The Morgan fingerprint density at radius 1 is 1.20 bits per heavy atom. The lowest BCUT2D eigenvalue weighted by molar-refractivity contribution is 0.0981. The summed E-state index contributed by atoms with van der Waals surface area (Å²) in [5.74, 6) is -0.212. The van der Waals surface area contributed by atoms with Crippen molar-refractivity contribution in [2.75, 3.05) is 5.32 Å². The lowest BCUT2D eigenvalue weighted by atomic mass is 10.0. The number of hydrogen-bond donors (Lipinski definition) is 2. The minimum absolute atomic E-state index is 0.212. The maximum atomic E-state index is 12.0. The zero-order valence-corrected chi connectivity index (χ0v) is 16.5. The van der Waals surface area contributed by atoms with E-state index in [2.05, 4.69) is 47.7 Å². The van der Waals surface area contributed by atoms with Crippen LogP contribution in [0.4, 0.5) is 5.13 Å². The second-order valence-electron chi connectivity index (χ2n) is 5.63. The summed E-state index contributed by atoms with van der Waals surface area (Å²) in [5.41, 5.74) is 4.44. The second kappa shape index (κ2) is 7.43. The zero-order valence-electron chi connectivity index (χ0n) is 14.0. The number of thiazole rings is 1. The molecule has 0 aliphatic rings. The fourth-order valence-corrected chi connectivity index (χ4v) is 4.10. The summed E-state index contributed by atoms with van der Waals surface area (Å²) in [4.78, 5) is 18.4. The molecule has 1 aromatic carbocycles. The van der Waals surface area contributed by atoms with Crippen molar-refractivity contribution in [1.82, 2.24) is 10.3 Å². The van der Waals surface area contributed by atoms with Gasteiger partial charge in [0.15, 0.2) is 10.2 Å². The van der Waals surface area contributed by atoms with E-state index in [9.17, 15) is 4.79 Å². The molecule has 0 aliphatic heterocycles. The Morgan fingerprint density at radius 3 is 2.72 bits per heavy atom. The molecule has 0 fully saturated rings. The molecule has 2 N–H and O–H groups in total. The van der Waals surface area contributed by atoms with E-state index in [1.54, 1.807) is 6.07 Å². The highest BCUT2D eigenvalue weighted by Crippen LogP contribution is 2.32. The number of hydrogen-bond acceptors (Lipinski definition) is 5. The molecule has 128 valence electrons. The number of carbonyl (C=O) groups is 1. The van der Waals surface area contributed by atoms with Crippen molar-refractivity contribution in [2.24, 2.45) is 0 Å². The maximum Gasteiger partial charge on any atom is 0.267 e. The quantitative estimate of drug-likeness (QED) is 0.626. The number of thiophene rings is 1. The van der Waals surface area contributed by atoms with Crippen molar-refractivity contribution in [3.63, 3.8) is 0 Å². The Labute approximate surface area is 159 Å². The number of anilines is 1. The number of aromatic nitrogens is 1. The molecule has 0 saturated heterocycles. The van der Waals surface area contributed by atoms with E-state index in [1.165, 1.54) is 33.8 Å². The Balaban J connectivity index is 1.75. The van der Waals surface area contributed by atoms with E-state index < -0.39 is 0 Å². The first-order chi connectivity index (χ1) is 11.9. The average molecular weight is 388 g/mol. The van der Waals surface area contributed by atoms with Gasteiger partial charge >= 0.3 is 0 Å². The molecule has 0 aliphatic carbocycles. The number of nitrogens with one attached hydrogen (secondary N) is 2. The predicted octanol–water partition coefficient (Wildman–Crippen LogP) is 4.92. The van der Waals surface area contributed by atoms with Crippen molar-refractivity contribution in [3.8, 4) is 11.3 Å². The van der Waals surface area contributed by atoms with Crippen LogP contribution in [0.3, 0.4) is 0 Å². The van der Waals surface area contributed by atoms with E-state index in [-0.39, 0.29) is 11.0 Å². The summed E-state index contributed by atoms with van der Waals surface area (Å²) in [7, 11) is 0. The summed E-state index contributed by atoms with van der Waals surface area (Å²) >= 11 is 8.12. The van der Waals surface area contributed by atoms with E-state index in [0.29, 0.717) is 10.0 Å². The van der Waals surface area contributed by atoms with Gasteiger partial charge in [0.2, 0.25) is 0 Å². The highest BCUT2D eigenvalue weighted by molar-refractivity contribution is 7.80. The van der Waals surface area contributed by atoms with Gasteiger partial charge in [0.25, 0.3) is 5.91 Å². The number of benzene rings is 1. The lowest BCUT2D eigenvalue weighted by Crippen LogP contribution is -2.33. The van der Waals surface area contributed by atoms with Crippen LogP contribution >= 0.6 is 34.9 Å². The van der Waals surface area contributed by atoms with Crippen LogP contribution in [0.2, 0.25) is 0 Å². The molecule has 0 atom stereocenters. The molecule has 4 nitrogen and oxygen atoms in total. The van der Waals surface area contributed by atoms with E-state index in [4.69, 9.17) is 12.2 Å². The predicted molar refractivity (Wildman–Crippen MR) is 110 cm³/mol. The van der Waals surface area contributed by atoms with Crippen LogP contribution in [0, 0.1) is 20.8 Å². The van der Waals surface area contributed by atoms with Gasteiger partial charge in [0.1, 0.15) is 0 Å². The fourth-order valence-electron chi connectivity index (χ4n) is 2.39. The maximum absolute atomic E-state index is 12.0. The molecule has 0 bridgehead atoms. The van der Waals surface area contributed by atoms with Gasteiger partial charge in [0, 0.05) is 10.4 Å². The van der Waals surface area contributed by atoms with Gasteiger partial charge in [-0.05, 0) is 56.1 Å². The molecule has 3 rings (SSSR count). The summed E-state index contributed by atoms with van der Waals surface area (Å²) in [5, 5.41) is 8.46. The minimum Gasteiger partial charge on any atom is -0.308 e. The summed E-state index contributed by atoms with van der Waals surface area (Å²) in [6.07, 6.45) is 0. The Hall–Kier alpha value is -2.09. The molecule has 3 aromatic rings. The molecule has 1 amide bonds. The molecule has 0 radical (unpaired) electrons. The van der Waals surface area contributed by atoms with Crippen molar-refractivity contribution in [2.45, 2.75) is 20.8 Å². The summed E-state index contributed by atoms with van der Waals surface area (Å²) in [6.45, 7) is 6.18. The van der Waals surface area contributed by atoms with Crippen LogP contribution in [-0.2, 0) is 0 Å².